The van der Waals surface area contributed by atoms with Gasteiger partial charge in [-0.25, -0.2) is 0 Å². The zero-order chi connectivity index (χ0) is 62.0. The number of nitrogens with one attached hydrogen (secondary N) is 1. The molecule has 0 aliphatic heterocycles. The molecule has 6 nitrogen and oxygen atoms in total. The molecule has 0 aromatic heterocycles. The smallest absolute Gasteiger partial charge is 0.305 e. The van der Waals surface area contributed by atoms with E-state index in [1.54, 1.807) is 6.08 Å². The zero-order valence-corrected chi connectivity index (χ0v) is 58.3. The molecule has 0 aromatic carbocycles. The van der Waals surface area contributed by atoms with Crippen LogP contribution in [0.1, 0.15) is 438 Å². The summed E-state index contributed by atoms with van der Waals surface area (Å²) in [6, 6.07) is -0.626. The number of hydrogen-bond donors (Lipinski definition) is 3. The van der Waals surface area contributed by atoms with Crippen LogP contribution in [-0.4, -0.2) is 47.4 Å². The predicted molar refractivity (Wildman–Crippen MR) is 379 cm³/mol. The number of aliphatic hydroxyl groups excluding tert-OH is 2. The molecule has 1 amide bonds. The molecule has 0 bridgehead atoms. The topological polar surface area (TPSA) is 95.9 Å². The van der Waals surface area contributed by atoms with Crippen molar-refractivity contribution in [1.82, 2.24) is 5.32 Å². The van der Waals surface area contributed by atoms with E-state index in [0.717, 1.165) is 44.9 Å². The van der Waals surface area contributed by atoms with Gasteiger partial charge in [-0.15, -0.1) is 0 Å². The fourth-order valence-electron chi connectivity index (χ4n) is 12.4. The van der Waals surface area contributed by atoms with Gasteiger partial charge in [0, 0.05) is 12.8 Å². The third-order valence-electron chi connectivity index (χ3n) is 18.4. The average molecular weight is 1210 g/mol. The van der Waals surface area contributed by atoms with E-state index in [2.05, 4.69) is 43.5 Å². The molecule has 0 aromatic rings. The van der Waals surface area contributed by atoms with Crippen molar-refractivity contribution in [2.24, 2.45) is 0 Å². The minimum absolute atomic E-state index is 0.0215. The Morgan fingerprint density at radius 2 is 0.581 bits per heavy atom. The van der Waals surface area contributed by atoms with Crippen molar-refractivity contribution < 1.29 is 24.5 Å². The first-order chi connectivity index (χ1) is 42.5. The van der Waals surface area contributed by atoms with Gasteiger partial charge in [-0.1, -0.05) is 397 Å². The molecule has 2 atom stereocenters. The van der Waals surface area contributed by atoms with Gasteiger partial charge in [-0.2, -0.15) is 0 Å². The van der Waals surface area contributed by atoms with Gasteiger partial charge in [0.05, 0.1) is 25.4 Å². The molecule has 508 valence electrons. The van der Waals surface area contributed by atoms with E-state index in [-0.39, 0.29) is 18.5 Å². The lowest BCUT2D eigenvalue weighted by molar-refractivity contribution is -0.143. The first kappa shape index (κ1) is 84.1. The lowest BCUT2D eigenvalue weighted by Crippen LogP contribution is -2.45. The average Bonchev–Trinajstić information content (AvgIpc) is 3.58. The van der Waals surface area contributed by atoms with Crippen molar-refractivity contribution in [2.45, 2.75) is 450 Å². The highest BCUT2D eigenvalue weighted by Crippen LogP contribution is 2.19. The fourth-order valence-corrected chi connectivity index (χ4v) is 12.4. The number of carbonyl (C=O) groups is 2. The number of rotatable bonds is 74. The van der Waals surface area contributed by atoms with Crippen molar-refractivity contribution in [1.29, 1.82) is 0 Å². The van der Waals surface area contributed by atoms with Crippen LogP contribution in [0.4, 0.5) is 0 Å². The molecule has 0 saturated carbocycles. The number of aliphatic hydroxyl groups is 2. The summed E-state index contributed by atoms with van der Waals surface area (Å²) < 4.78 is 5.50. The molecule has 0 fully saturated rings. The number of unbranched alkanes of at least 4 members (excludes halogenated alkanes) is 59. The van der Waals surface area contributed by atoms with Crippen LogP contribution in [0.3, 0.4) is 0 Å². The summed E-state index contributed by atoms with van der Waals surface area (Å²) in [7, 11) is 0. The highest BCUT2D eigenvalue weighted by Gasteiger charge is 2.18. The largest absolute Gasteiger partial charge is 0.466 e. The Bertz CT molecular complexity index is 1390. The quantitative estimate of drug-likeness (QED) is 0.0320. The number of allylic oxidation sites excluding steroid dienone is 5. The van der Waals surface area contributed by atoms with E-state index in [9.17, 15) is 19.8 Å². The SMILES string of the molecule is CCCCCCCCCCCCCCCCCC/C=C/C(O)C(CO)NC(=O)CCCCCCCCCCCCCCCCCCC/C=C\C/C=C\CCCCCCCCCCCCCCCOC(=O)CCCCCCCCCCCCCCCC. The lowest BCUT2D eigenvalue weighted by atomic mass is 10.0. The summed E-state index contributed by atoms with van der Waals surface area (Å²) in [4.78, 5) is 24.6. The highest BCUT2D eigenvalue weighted by atomic mass is 16.5. The molecule has 0 spiro atoms. The third-order valence-corrected chi connectivity index (χ3v) is 18.4. The highest BCUT2D eigenvalue weighted by molar-refractivity contribution is 5.76. The molecule has 0 aliphatic rings. The van der Waals surface area contributed by atoms with E-state index in [1.165, 1.54) is 366 Å². The number of esters is 1. The Hall–Kier alpha value is -1.92. The minimum Gasteiger partial charge on any atom is -0.466 e. The lowest BCUT2D eigenvalue weighted by Gasteiger charge is -2.20. The Morgan fingerprint density at radius 1 is 0.326 bits per heavy atom. The molecular formula is C80H153NO5. The van der Waals surface area contributed by atoms with Crippen LogP contribution in [0, 0.1) is 0 Å². The summed E-state index contributed by atoms with van der Waals surface area (Å²) in [5.74, 6) is -0.0401. The Balaban J connectivity index is 3.37. The molecule has 3 N–H and O–H groups in total. The first-order valence-electron chi connectivity index (χ1n) is 39.3. The minimum atomic E-state index is -0.843. The van der Waals surface area contributed by atoms with Crippen molar-refractivity contribution in [2.75, 3.05) is 13.2 Å². The van der Waals surface area contributed by atoms with Gasteiger partial charge in [0.2, 0.25) is 5.91 Å². The molecule has 0 aliphatic carbocycles. The Kier molecular flexibility index (Phi) is 73.9. The van der Waals surface area contributed by atoms with Gasteiger partial charge in [0.1, 0.15) is 0 Å². The molecule has 0 rings (SSSR count). The van der Waals surface area contributed by atoms with Crippen LogP contribution < -0.4 is 5.32 Å². The summed E-state index contributed by atoms with van der Waals surface area (Å²) in [6.07, 6.45) is 98.4. The molecular weight excluding hydrogens is 1050 g/mol. The molecule has 0 heterocycles. The van der Waals surface area contributed by atoms with Crippen molar-refractivity contribution in [3.05, 3.63) is 36.5 Å². The molecule has 0 radical (unpaired) electrons. The van der Waals surface area contributed by atoms with Crippen molar-refractivity contribution in [3.63, 3.8) is 0 Å². The first-order valence-corrected chi connectivity index (χ1v) is 39.3. The second-order valence-corrected chi connectivity index (χ2v) is 27.0. The standard InChI is InChI=1S/C80H153NO5/c1-3-5-7-9-11-13-15-17-19-20-42-45-48-52-56-60-64-68-72-78(83)77(76-82)81-79(84)73-69-65-61-57-53-49-46-43-40-38-36-34-32-30-28-26-24-22-21-23-25-27-29-31-33-35-37-39-41-44-47-51-55-59-63-67-71-75-86-80(85)74-70-66-62-58-54-50-18-16-14-12-10-8-6-4-2/h21,23,27,29,68,72,77-78,82-83H,3-20,22,24-26,28,30-67,69-71,73-76H2,1-2H3,(H,81,84)/b23-21-,29-27-,72-68+. The van der Waals surface area contributed by atoms with Crippen molar-refractivity contribution in [3.8, 4) is 0 Å². The molecule has 86 heavy (non-hydrogen) atoms. The summed E-state index contributed by atoms with van der Waals surface area (Å²) >= 11 is 0. The second kappa shape index (κ2) is 75.5. The number of ether oxygens (including phenoxy) is 1. The number of hydrogen-bond acceptors (Lipinski definition) is 5. The van der Waals surface area contributed by atoms with Gasteiger partial charge in [-0.3, -0.25) is 9.59 Å². The zero-order valence-electron chi connectivity index (χ0n) is 58.3. The maximum absolute atomic E-state index is 12.5. The predicted octanol–water partition coefficient (Wildman–Crippen LogP) is 25.8. The second-order valence-electron chi connectivity index (χ2n) is 27.0. The summed E-state index contributed by atoms with van der Waals surface area (Å²) in [6.45, 7) is 4.95. The van der Waals surface area contributed by atoms with Gasteiger partial charge < -0.3 is 20.3 Å². The normalized spacial score (nSPS) is 12.7. The van der Waals surface area contributed by atoms with Crippen LogP contribution in [0.5, 0.6) is 0 Å². The maximum Gasteiger partial charge on any atom is 0.305 e. The Labute approximate surface area is 538 Å². The van der Waals surface area contributed by atoms with E-state index in [1.807, 2.05) is 6.08 Å². The monoisotopic (exact) mass is 1210 g/mol. The Morgan fingerprint density at radius 3 is 0.884 bits per heavy atom. The maximum atomic E-state index is 12.5. The van der Waals surface area contributed by atoms with Crippen LogP contribution >= 0.6 is 0 Å². The molecule has 2 unspecified atom stereocenters. The van der Waals surface area contributed by atoms with Gasteiger partial charge in [0.15, 0.2) is 0 Å². The van der Waals surface area contributed by atoms with Crippen LogP contribution in [-0.2, 0) is 14.3 Å². The van der Waals surface area contributed by atoms with E-state index < -0.39 is 12.1 Å². The third kappa shape index (κ3) is 71.2. The summed E-state index contributed by atoms with van der Waals surface area (Å²) in [5, 5.41) is 23.2. The number of carbonyl (C=O) groups excluding carboxylic acids is 2. The van der Waals surface area contributed by atoms with Crippen LogP contribution in [0.2, 0.25) is 0 Å². The molecule has 6 heteroatoms. The van der Waals surface area contributed by atoms with Crippen LogP contribution in [0.15, 0.2) is 36.5 Å². The summed E-state index contributed by atoms with van der Waals surface area (Å²) in [5.41, 5.74) is 0. The van der Waals surface area contributed by atoms with Gasteiger partial charge >= 0.3 is 5.97 Å². The fraction of sp³-hybridized carbons (Fsp3) is 0.900. The van der Waals surface area contributed by atoms with E-state index in [4.69, 9.17) is 4.74 Å². The van der Waals surface area contributed by atoms with Crippen molar-refractivity contribution >= 4 is 11.9 Å². The van der Waals surface area contributed by atoms with Crippen LogP contribution in [0.25, 0.3) is 0 Å². The number of amides is 1. The molecule has 0 saturated heterocycles. The van der Waals surface area contributed by atoms with E-state index >= 15 is 0 Å². The van der Waals surface area contributed by atoms with E-state index in [0.29, 0.717) is 19.4 Å². The van der Waals surface area contributed by atoms with Gasteiger partial charge in [0.25, 0.3) is 0 Å². The van der Waals surface area contributed by atoms with Gasteiger partial charge in [-0.05, 0) is 64.2 Å².